The Balaban J connectivity index is 1.47. The summed E-state index contributed by atoms with van der Waals surface area (Å²) in [5.74, 6) is -2.64. The highest BCUT2D eigenvalue weighted by atomic mass is 19.4. The minimum atomic E-state index is -4.60. The molecule has 2 N–H and O–H groups in total. The number of carbonyl (C=O) groups excluding carboxylic acids is 2. The monoisotopic (exact) mass is 605 g/mol. The van der Waals surface area contributed by atoms with E-state index < -0.39 is 47.6 Å². The van der Waals surface area contributed by atoms with Gasteiger partial charge in [-0.3, -0.25) is 14.4 Å². The molecule has 12 heteroatoms. The van der Waals surface area contributed by atoms with Gasteiger partial charge < -0.3 is 29.3 Å². The van der Waals surface area contributed by atoms with E-state index in [-0.39, 0.29) is 32.0 Å². The SMILES string of the molecule is O=C(c1cn(C[C@@]2(O)CCN(C(=O)C(CO)CC(F)(F)F)CC23CCCC3)c(=O)cc1-c1ccccc1)N1CCOCC1. The summed E-state index contributed by atoms with van der Waals surface area (Å²) >= 11 is 0. The van der Waals surface area contributed by atoms with E-state index in [4.69, 9.17) is 4.74 Å². The number of piperidine rings is 1. The fourth-order valence-corrected chi connectivity index (χ4v) is 7.00. The summed E-state index contributed by atoms with van der Waals surface area (Å²) in [6, 6.07) is 10.5. The maximum atomic E-state index is 13.7. The molecule has 1 saturated carbocycles. The molecular formula is C31H38F3N3O6. The Kier molecular flexibility index (Phi) is 9.01. The maximum absolute atomic E-state index is 13.7. The number of hydrogen-bond acceptors (Lipinski definition) is 6. The molecule has 2 aromatic rings. The highest BCUT2D eigenvalue weighted by Crippen LogP contribution is 2.52. The minimum absolute atomic E-state index is 0.0120. The van der Waals surface area contributed by atoms with Crippen molar-refractivity contribution in [1.29, 1.82) is 0 Å². The van der Waals surface area contributed by atoms with E-state index in [9.17, 15) is 37.8 Å². The molecule has 9 nitrogen and oxygen atoms in total. The molecule has 43 heavy (non-hydrogen) atoms. The van der Waals surface area contributed by atoms with Gasteiger partial charge in [0, 0.05) is 49.4 Å². The minimum Gasteiger partial charge on any atom is -0.396 e. The summed E-state index contributed by atoms with van der Waals surface area (Å²) in [6.45, 7) is 0.605. The molecule has 2 amide bonds. The number of halogens is 3. The van der Waals surface area contributed by atoms with Crippen LogP contribution in [0.5, 0.6) is 0 Å². The maximum Gasteiger partial charge on any atom is 0.389 e. The molecule has 1 unspecified atom stereocenters. The van der Waals surface area contributed by atoms with Crippen molar-refractivity contribution in [3.05, 3.63) is 58.5 Å². The second kappa shape index (κ2) is 12.4. The zero-order valence-corrected chi connectivity index (χ0v) is 24.0. The number of aliphatic hydroxyl groups excluding tert-OH is 1. The molecule has 3 heterocycles. The van der Waals surface area contributed by atoms with E-state index in [0.29, 0.717) is 55.8 Å². The Bertz CT molecular complexity index is 1370. The zero-order chi connectivity index (χ0) is 30.8. The molecule has 2 atom stereocenters. The Morgan fingerprint density at radius 1 is 1.00 bits per heavy atom. The predicted molar refractivity (Wildman–Crippen MR) is 151 cm³/mol. The van der Waals surface area contributed by atoms with Crippen LogP contribution in [0.3, 0.4) is 0 Å². The normalized spacial score (nSPS) is 23.0. The number of aliphatic hydroxyl groups is 2. The van der Waals surface area contributed by atoms with Gasteiger partial charge in [-0.2, -0.15) is 13.2 Å². The average Bonchev–Trinajstić information content (AvgIpc) is 3.48. The van der Waals surface area contributed by atoms with Crippen molar-refractivity contribution in [2.75, 3.05) is 46.0 Å². The highest BCUT2D eigenvalue weighted by Gasteiger charge is 2.56. The first-order valence-corrected chi connectivity index (χ1v) is 14.8. The van der Waals surface area contributed by atoms with E-state index in [1.807, 2.05) is 30.3 Å². The van der Waals surface area contributed by atoms with Gasteiger partial charge in [-0.05, 0) is 24.8 Å². The molecule has 1 aromatic heterocycles. The third kappa shape index (κ3) is 6.51. The summed E-state index contributed by atoms with van der Waals surface area (Å²) in [7, 11) is 0. The highest BCUT2D eigenvalue weighted by molar-refractivity contribution is 6.00. The average molecular weight is 606 g/mol. The first-order valence-electron chi connectivity index (χ1n) is 14.8. The number of nitrogens with zero attached hydrogens (tertiary/aromatic N) is 3. The molecule has 234 valence electrons. The lowest BCUT2D eigenvalue weighted by atomic mass is 9.65. The van der Waals surface area contributed by atoms with Gasteiger partial charge in [0.2, 0.25) is 5.91 Å². The summed E-state index contributed by atoms with van der Waals surface area (Å²) in [6.07, 6.45) is -1.88. The molecule has 0 radical (unpaired) electrons. The number of morpholine rings is 1. The van der Waals surface area contributed by atoms with E-state index in [2.05, 4.69) is 0 Å². The van der Waals surface area contributed by atoms with E-state index >= 15 is 0 Å². The summed E-state index contributed by atoms with van der Waals surface area (Å²) in [5.41, 5.74) is -1.17. The molecular weight excluding hydrogens is 567 g/mol. The van der Waals surface area contributed by atoms with Gasteiger partial charge in [0.1, 0.15) is 0 Å². The molecule has 3 aliphatic rings. The van der Waals surface area contributed by atoms with Crippen molar-refractivity contribution in [3.8, 4) is 11.1 Å². The van der Waals surface area contributed by atoms with Gasteiger partial charge in [-0.1, -0.05) is 43.2 Å². The summed E-state index contributed by atoms with van der Waals surface area (Å²) in [4.78, 5) is 43.4. The number of alkyl halides is 3. The lowest BCUT2D eigenvalue weighted by Gasteiger charge is -2.52. The molecule has 1 aromatic carbocycles. The zero-order valence-electron chi connectivity index (χ0n) is 24.0. The number of benzene rings is 1. The van der Waals surface area contributed by atoms with Crippen LogP contribution in [-0.4, -0.2) is 94.2 Å². The van der Waals surface area contributed by atoms with Crippen LogP contribution in [-0.2, 0) is 16.1 Å². The molecule has 2 saturated heterocycles. The van der Waals surface area contributed by atoms with Crippen LogP contribution >= 0.6 is 0 Å². The third-order valence-electron chi connectivity index (χ3n) is 9.37. The smallest absolute Gasteiger partial charge is 0.389 e. The number of rotatable bonds is 7. The lowest BCUT2D eigenvalue weighted by molar-refractivity contribution is -0.175. The quantitative estimate of drug-likeness (QED) is 0.502. The van der Waals surface area contributed by atoms with Crippen molar-refractivity contribution >= 4 is 11.8 Å². The Hall–Kier alpha value is -3.22. The van der Waals surface area contributed by atoms with Crippen LogP contribution in [0.25, 0.3) is 11.1 Å². The van der Waals surface area contributed by atoms with E-state index in [1.165, 1.54) is 21.7 Å². The fourth-order valence-electron chi connectivity index (χ4n) is 7.00. The predicted octanol–water partition coefficient (Wildman–Crippen LogP) is 3.07. The number of hydrogen-bond donors (Lipinski definition) is 2. The number of pyridine rings is 1. The Morgan fingerprint density at radius 2 is 1.67 bits per heavy atom. The van der Waals surface area contributed by atoms with Crippen molar-refractivity contribution in [2.45, 2.75) is 56.8 Å². The first kappa shape index (κ1) is 31.2. The second-order valence-electron chi connectivity index (χ2n) is 12.1. The number of carbonyl (C=O) groups is 2. The Morgan fingerprint density at radius 3 is 2.30 bits per heavy atom. The third-order valence-corrected chi connectivity index (χ3v) is 9.37. The molecule has 5 rings (SSSR count). The van der Waals surface area contributed by atoms with Crippen molar-refractivity contribution in [3.63, 3.8) is 0 Å². The largest absolute Gasteiger partial charge is 0.396 e. The molecule has 3 fully saturated rings. The Labute approximate surface area is 247 Å². The topological polar surface area (TPSA) is 112 Å². The van der Waals surface area contributed by atoms with Crippen LogP contribution in [0.15, 0.2) is 47.4 Å². The molecule has 0 bridgehead atoms. The van der Waals surface area contributed by atoms with Crippen molar-refractivity contribution in [1.82, 2.24) is 14.4 Å². The van der Waals surface area contributed by atoms with Crippen LogP contribution in [0.2, 0.25) is 0 Å². The van der Waals surface area contributed by atoms with Gasteiger partial charge in [0.05, 0.1) is 49.9 Å². The summed E-state index contributed by atoms with van der Waals surface area (Å²) < 4.78 is 46.0. The van der Waals surface area contributed by atoms with Crippen LogP contribution in [0.1, 0.15) is 48.9 Å². The summed E-state index contributed by atoms with van der Waals surface area (Å²) in [5, 5.41) is 21.8. The van der Waals surface area contributed by atoms with Gasteiger partial charge in [0.15, 0.2) is 0 Å². The molecule has 1 spiro atoms. The van der Waals surface area contributed by atoms with Gasteiger partial charge >= 0.3 is 6.18 Å². The van der Waals surface area contributed by atoms with Gasteiger partial charge in [-0.15, -0.1) is 0 Å². The molecule has 2 aliphatic heterocycles. The number of ether oxygens (including phenoxy) is 1. The van der Waals surface area contributed by atoms with Crippen LogP contribution in [0, 0.1) is 11.3 Å². The number of likely N-dealkylation sites (tertiary alicyclic amines) is 1. The van der Waals surface area contributed by atoms with Crippen molar-refractivity contribution < 1.29 is 37.7 Å². The van der Waals surface area contributed by atoms with Gasteiger partial charge in [-0.25, -0.2) is 0 Å². The van der Waals surface area contributed by atoms with Crippen LogP contribution < -0.4 is 5.56 Å². The van der Waals surface area contributed by atoms with E-state index in [0.717, 1.165) is 12.8 Å². The number of amides is 2. The fraction of sp³-hybridized carbons (Fsp3) is 0.581. The molecule has 1 aliphatic carbocycles. The van der Waals surface area contributed by atoms with Gasteiger partial charge in [0.25, 0.3) is 11.5 Å². The van der Waals surface area contributed by atoms with E-state index in [1.54, 1.807) is 4.90 Å². The van der Waals surface area contributed by atoms with Crippen molar-refractivity contribution in [2.24, 2.45) is 11.3 Å². The number of aromatic nitrogens is 1. The standard InChI is InChI=1S/C31H38F3N3O6/c32-31(33,34)17-23(19-38)27(40)36-11-10-30(42,29(20-36)8-4-5-9-29)21-37-18-25(28(41)35-12-14-43-15-13-35)24(16-26(37)39)22-6-2-1-3-7-22/h1-3,6-7,16,18,23,38,42H,4-5,8-15,17,19-21H2/t23?,30-/m0/s1. The second-order valence-corrected chi connectivity index (χ2v) is 12.1. The first-order chi connectivity index (χ1) is 20.5. The lowest BCUT2D eigenvalue weighted by Crippen LogP contribution is -2.62. The van der Waals surface area contributed by atoms with Crippen LogP contribution in [0.4, 0.5) is 13.2 Å².